The maximum atomic E-state index is 9.79. The Morgan fingerprint density at radius 3 is 2.29 bits per heavy atom. The molecule has 0 bridgehead atoms. The van der Waals surface area contributed by atoms with Crippen LogP contribution in [-0.4, -0.2) is 16.3 Å². The summed E-state index contributed by atoms with van der Waals surface area (Å²) in [7, 11) is 0. The summed E-state index contributed by atoms with van der Waals surface area (Å²) >= 11 is 0. The van der Waals surface area contributed by atoms with Gasteiger partial charge >= 0.3 is 0 Å². The highest BCUT2D eigenvalue weighted by Gasteiger charge is 2.20. The Morgan fingerprint density at radius 2 is 1.71 bits per heavy atom. The Morgan fingerprint density at radius 1 is 1.12 bits per heavy atom. The number of nitrogens with one attached hydrogen (secondary N) is 1. The number of benzene rings is 1. The minimum Gasteiger partial charge on any atom is -0.507 e. The van der Waals surface area contributed by atoms with Crippen molar-refractivity contribution in [1.29, 1.82) is 0 Å². The van der Waals surface area contributed by atoms with Crippen molar-refractivity contribution >= 4 is 0 Å². The second-order valence-corrected chi connectivity index (χ2v) is 4.93. The molecule has 2 rings (SSSR count). The van der Waals surface area contributed by atoms with Crippen LogP contribution in [0.1, 0.15) is 50.6 Å². The van der Waals surface area contributed by atoms with E-state index in [0.29, 0.717) is 11.6 Å². The molecular formula is C14H21NO2. The minimum atomic E-state index is -0.0145. The molecule has 3 nitrogen and oxygen atoms in total. The number of rotatable bonds is 3. The quantitative estimate of drug-likeness (QED) is 0.754. The average Bonchev–Trinajstić information content (AvgIpc) is 2.30. The van der Waals surface area contributed by atoms with Crippen LogP contribution in [0, 0.1) is 0 Å². The van der Waals surface area contributed by atoms with E-state index < -0.39 is 0 Å². The first kappa shape index (κ1) is 12.2. The molecule has 0 aromatic heterocycles. The molecule has 0 radical (unpaired) electrons. The van der Waals surface area contributed by atoms with Crippen LogP contribution in [-0.2, 0) is 0 Å². The Balaban J connectivity index is 2.05. The molecule has 17 heavy (non-hydrogen) atoms. The van der Waals surface area contributed by atoms with Crippen molar-refractivity contribution in [2.45, 2.75) is 51.1 Å². The van der Waals surface area contributed by atoms with E-state index in [1.807, 2.05) is 6.92 Å². The van der Waals surface area contributed by atoms with Gasteiger partial charge in [-0.05, 0) is 31.9 Å². The van der Waals surface area contributed by atoms with E-state index in [1.165, 1.54) is 32.1 Å². The molecule has 1 aromatic carbocycles. The van der Waals surface area contributed by atoms with Crippen LogP contribution in [0.4, 0.5) is 0 Å². The molecule has 0 aliphatic heterocycles. The highest BCUT2D eigenvalue weighted by atomic mass is 16.3. The van der Waals surface area contributed by atoms with Crippen LogP contribution in [0.15, 0.2) is 18.2 Å². The van der Waals surface area contributed by atoms with E-state index in [4.69, 9.17) is 0 Å². The molecule has 3 heteroatoms. The molecule has 0 spiro atoms. The lowest BCUT2D eigenvalue weighted by Crippen LogP contribution is -2.33. The Hall–Kier alpha value is -1.22. The fourth-order valence-electron chi connectivity index (χ4n) is 2.69. The van der Waals surface area contributed by atoms with Crippen molar-refractivity contribution < 1.29 is 10.2 Å². The van der Waals surface area contributed by atoms with Crippen molar-refractivity contribution in [3.63, 3.8) is 0 Å². The van der Waals surface area contributed by atoms with Gasteiger partial charge in [-0.2, -0.15) is 0 Å². The van der Waals surface area contributed by atoms with Crippen LogP contribution in [0.5, 0.6) is 11.5 Å². The van der Waals surface area contributed by atoms with Gasteiger partial charge in [-0.25, -0.2) is 0 Å². The van der Waals surface area contributed by atoms with Gasteiger partial charge in [0.1, 0.15) is 11.5 Å². The van der Waals surface area contributed by atoms with Crippen molar-refractivity contribution in [3.05, 3.63) is 23.8 Å². The first-order valence-corrected chi connectivity index (χ1v) is 6.45. The van der Waals surface area contributed by atoms with Gasteiger partial charge in [-0.15, -0.1) is 0 Å². The lowest BCUT2D eigenvalue weighted by molar-refractivity contribution is 0.336. The fraction of sp³-hybridized carbons (Fsp3) is 0.571. The Bertz CT molecular complexity index is 352. The lowest BCUT2D eigenvalue weighted by Gasteiger charge is -2.27. The molecule has 1 aliphatic carbocycles. The zero-order valence-electron chi connectivity index (χ0n) is 10.3. The minimum absolute atomic E-state index is 0.0145. The number of aromatic hydroxyl groups is 2. The largest absolute Gasteiger partial charge is 0.507 e. The van der Waals surface area contributed by atoms with Gasteiger partial charge in [-0.3, -0.25) is 0 Å². The van der Waals surface area contributed by atoms with Crippen LogP contribution in [0.3, 0.4) is 0 Å². The Labute approximate surface area is 102 Å². The summed E-state index contributed by atoms with van der Waals surface area (Å²) in [5.41, 5.74) is 0.609. The standard InChI is InChI=1S/C14H21NO2/c1-10(15-11-6-3-2-4-7-11)14-12(16)8-5-9-13(14)17/h5,8-11,15-17H,2-4,6-7H2,1H3. The summed E-state index contributed by atoms with van der Waals surface area (Å²) in [5.74, 6) is 0.335. The summed E-state index contributed by atoms with van der Waals surface area (Å²) in [4.78, 5) is 0. The molecule has 1 fully saturated rings. The molecule has 0 heterocycles. The van der Waals surface area contributed by atoms with Gasteiger partial charge in [0.25, 0.3) is 0 Å². The van der Waals surface area contributed by atoms with Gasteiger partial charge in [0.05, 0.1) is 5.56 Å². The van der Waals surface area contributed by atoms with E-state index in [2.05, 4.69) is 5.32 Å². The van der Waals surface area contributed by atoms with Crippen LogP contribution in [0.2, 0.25) is 0 Å². The van der Waals surface area contributed by atoms with Gasteiger partial charge in [0, 0.05) is 12.1 Å². The zero-order chi connectivity index (χ0) is 12.3. The summed E-state index contributed by atoms with van der Waals surface area (Å²) < 4.78 is 0. The fourth-order valence-corrected chi connectivity index (χ4v) is 2.69. The molecule has 1 unspecified atom stereocenters. The topological polar surface area (TPSA) is 52.5 Å². The summed E-state index contributed by atoms with van der Waals surface area (Å²) in [6.45, 7) is 1.99. The molecule has 3 N–H and O–H groups in total. The highest BCUT2D eigenvalue weighted by molar-refractivity contribution is 5.44. The third-order valence-electron chi connectivity index (χ3n) is 3.58. The third kappa shape index (κ3) is 2.91. The molecule has 0 amide bonds. The van der Waals surface area contributed by atoms with E-state index in [9.17, 15) is 10.2 Å². The molecule has 94 valence electrons. The predicted molar refractivity (Wildman–Crippen MR) is 68.2 cm³/mol. The monoisotopic (exact) mass is 235 g/mol. The van der Waals surface area contributed by atoms with Crippen LogP contribution < -0.4 is 5.32 Å². The van der Waals surface area contributed by atoms with Crippen molar-refractivity contribution in [1.82, 2.24) is 5.32 Å². The van der Waals surface area contributed by atoms with Gasteiger partial charge < -0.3 is 15.5 Å². The van der Waals surface area contributed by atoms with Gasteiger partial charge in [0.15, 0.2) is 0 Å². The molecule has 1 aliphatic rings. The SMILES string of the molecule is CC(NC1CCCCC1)c1c(O)cccc1O. The van der Waals surface area contributed by atoms with Gasteiger partial charge in [-0.1, -0.05) is 25.3 Å². The molecule has 1 aromatic rings. The molecule has 0 saturated heterocycles. The van der Waals surface area contributed by atoms with E-state index in [0.717, 1.165) is 0 Å². The molecule has 1 atom stereocenters. The normalized spacial score (nSPS) is 19.1. The number of phenols is 2. The van der Waals surface area contributed by atoms with Gasteiger partial charge in [0.2, 0.25) is 0 Å². The summed E-state index contributed by atoms with van der Waals surface area (Å²) in [5, 5.41) is 23.1. The van der Waals surface area contributed by atoms with Crippen molar-refractivity contribution in [3.8, 4) is 11.5 Å². The van der Waals surface area contributed by atoms with E-state index in [-0.39, 0.29) is 17.5 Å². The van der Waals surface area contributed by atoms with Crippen molar-refractivity contribution in [2.75, 3.05) is 0 Å². The number of phenolic OH excluding ortho intramolecular Hbond substituents is 2. The first-order valence-electron chi connectivity index (χ1n) is 6.45. The maximum absolute atomic E-state index is 9.79. The van der Waals surface area contributed by atoms with Crippen LogP contribution in [0.25, 0.3) is 0 Å². The predicted octanol–water partition coefficient (Wildman–Crippen LogP) is 3.08. The van der Waals surface area contributed by atoms with Crippen molar-refractivity contribution in [2.24, 2.45) is 0 Å². The summed E-state index contributed by atoms with van der Waals surface area (Å²) in [6, 6.07) is 5.39. The van der Waals surface area contributed by atoms with E-state index >= 15 is 0 Å². The van der Waals surface area contributed by atoms with E-state index in [1.54, 1.807) is 18.2 Å². The second kappa shape index (κ2) is 5.41. The smallest absolute Gasteiger partial charge is 0.124 e. The summed E-state index contributed by atoms with van der Waals surface area (Å²) in [6.07, 6.45) is 6.26. The maximum Gasteiger partial charge on any atom is 0.124 e. The lowest BCUT2D eigenvalue weighted by atomic mass is 9.94. The third-order valence-corrected chi connectivity index (χ3v) is 3.58. The first-order chi connectivity index (χ1) is 8.18. The van der Waals surface area contributed by atoms with Crippen LogP contribution >= 0.6 is 0 Å². The second-order valence-electron chi connectivity index (χ2n) is 4.93. The molecule has 1 saturated carbocycles. The zero-order valence-corrected chi connectivity index (χ0v) is 10.3. The average molecular weight is 235 g/mol. The Kier molecular flexibility index (Phi) is 3.89. The highest BCUT2D eigenvalue weighted by Crippen LogP contribution is 2.33. The molecular weight excluding hydrogens is 214 g/mol. The number of hydrogen-bond donors (Lipinski definition) is 3. The number of hydrogen-bond acceptors (Lipinski definition) is 3.